The van der Waals surface area contributed by atoms with Gasteiger partial charge in [-0.15, -0.1) is 0 Å². The number of hydrogen-bond donors (Lipinski definition) is 2. The number of sulfone groups is 1. The van der Waals surface area contributed by atoms with E-state index < -0.39 is 9.84 Å². The van der Waals surface area contributed by atoms with E-state index in [9.17, 15) is 13.2 Å². The van der Waals surface area contributed by atoms with Crippen LogP contribution in [0, 0.1) is 0 Å². The molecule has 0 aromatic heterocycles. The van der Waals surface area contributed by atoms with Gasteiger partial charge in [0.05, 0.1) is 17.5 Å². The number of amides is 2. The first kappa shape index (κ1) is 13.6. The molecule has 2 aliphatic rings. The van der Waals surface area contributed by atoms with Crippen LogP contribution in [0.5, 0.6) is 0 Å². The summed E-state index contributed by atoms with van der Waals surface area (Å²) in [6, 6.07) is -0.517. The summed E-state index contributed by atoms with van der Waals surface area (Å²) in [5.41, 5.74) is -0.311. The molecular weight excluding hydrogens is 254 g/mol. The van der Waals surface area contributed by atoms with Gasteiger partial charge in [0.25, 0.3) is 0 Å². The molecule has 6 nitrogen and oxygen atoms in total. The third kappa shape index (κ3) is 2.95. The number of rotatable bonds is 0. The Labute approximate surface area is 108 Å². The van der Waals surface area contributed by atoms with Crippen LogP contribution < -0.4 is 10.6 Å². The molecule has 0 aromatic carbocycles. The Morgan fingerprint density at radius 1 is 1.33 bits per heavy atom. The first-order valence-electron chi connectivity index (χ1n) is 6.20. The fourth-order valence-corrected chi connectivity index (χ4v) is 4.47. The van der Waals surface area contributed by atoms with E-state index in [4.69, 9.17) is 0 Å². The standard InChI is InChI=1S/C11H21N3O3S/c1-11(2,3)13-10(15)14-5-4-12-8-6-18(16,17)7-9(8)14/h8-9,12H,4-7H2,1-3H3,(H,13,15)/t8-,9+/m0/s1. The van der Waals surface area contributed by atoms with Crippen molar-refractivity contribution in [3.8, 4) is 0 Å². The van der Waals surface area contributed by atoms with E-state index in [1.165, 1.54) is 0 Å². The predicted molar refractivity (Wildman–Crippen MR) is 69.2 cm³/mol. The summed E-state index contributed by atoms with van der Waals surface area (Å²) < 4.78 is 23.3. The molecule has 2 atom stereocenters. The molecule has 2 rings (SSSR count). The summed E-state index contributed by atoms with van der Waals surface area (Å²) in [4.78, 5) is 13.8. The van der Waals surface area contributed by atoms with Crippen LogP contribution in [-0.2, 0) is 9.84 Å². The molecule has 0 aliphatic carbocycles. The van der Waals surface area contributed by atoms with Crippen molar-refractivity contribution in [2.75, 3.05) is 24.6 Å². The van der Waals surface area contributed by atoms with E-state index in [-0.39, 0.29) is 35.2 Å². The Balaban J connectivity index is 2.11. The summed E-state index contributed by atoms with van der Waals surface area (Å²) in [7, 11) is -3.02. The second-order valence-electron chi connectivity index (χ2n) is 6.08. The van der Waals surface area contributed by atoms with Crippen molar-refractivity contribution in [2.24, 2.45) is 0 Å². The van der Waals surface area contributed by atoms with E-state index >= 15 is 0 Å². The Hall–Kier alpha value is -0.820. The van der Waals surface area contributed by atoms with Crippen molar-refractivity contribution in [1.29, 1.82) is 0 Å². The molecule has 2 fully saturated rings. The number of urea groups is 1. The number of carbonyl (C=O) groups excluding carboxylic acids is 1. The van der Waals surface area contributed by atoms with E-state index in [0.29, 0.717) is 13.1 Å². The van der Waals surface area contributed by atoms with Crippen molar-refractivity contribution in [2.45, 2.75) is 38.4 Å². The van der Waals surface area contributed by atoms with Crippen molar-refractivity contribution in [1.82, 2.24) is 15.5 Å². The van der Waals surface area contributed by atoms with Crippen LogP contribution in [0.15, 0.2) is 0 Å². The molecule has 0 radical (unpaired) electrons. The minimum Gasteiger partial charge on any atom is -0.333 e. The van der Waals surface area contributed by atoms with Crippen molar-refractivity contribution >= 4 is 15.9 Å². The Kier molecular flexibility index (Phi) is 3.31. The van der Waals surface area contributed by atoms with Gasteiger partial charge in [0, 0.05) is 24.7 Å². The molecule has 0 unspecified atom stereocenters. The lowest BCUT2D eigenvalue weighted by Gasteiger charge is -2.38. The van der Waals surface area contributed by atoms with Gasteiger partial charge in [-0.2, -0.15) is 0 Å². The van der Waals surface area contributed by atoms with Gasteiger partial charge in [0.15, 0.2) is 9.84 Å². The molecule has 0 saturated carbocycles. The molecule has 0 aromatic rings. The summed E-state index contributed by atoms with van der Waals surface area (Å²) >= 11 is 0. The molecule has 18 heavy (non-hydrogen) atoms. The SMILES string of the molecule is CC(C)(C)NC(=O)N1CCN[C@H]2CS(=O)(=O)C[C@H]21. The van der Waals surface area contributed by atoms with E-state index in [0.717, 1.165) is 0 Å². The summed E-state index contributed by atoms with van der Waals surface area (Å²) in [6.45, 7) is 6.94. The molecule has 2 amide bonds. The fraction of sp³-hybridized carbons (Fsp3) is 0.909. The Bertz CT molecular complexity index is 441. The average Bonchev–Trinajstić information content (AvgIpc) is 2.47. The van der Waals surface area contributed by atoms with Crippen LogP contribution in [0.2, 0.25) is 0 Å². The van der Waals surface area contributed by atoms with Gasteiger partial charge in [0.1, 0.15) is 0 Å². The molecule has 0 bridgehead atoms. The van der Waals surface area contributed by atoms with Gasteiger partial charge < -0.3 is 15.5 Å². The number of carbonyl (C=O) groups is 1. The highest BCUT2D eigenvalue weighted by atomic mass is 32.2. The lowest BCUT2D eigenvalue weighted by Crippen LogP contribution is -2.62. The maximum absolute atomic E-state index is 12.2. The van der Waals surface area contributed by atoms with Crippen molar-refractivity contribution in [3.63, 3.8) is 0 Å². The minimum atomic E-state index is -3.02. The fourth-order valence-electron chi connectivity index (χ4n) is 2.51. The van der Waals surface area contributed by atoms with E-state index in [2.05, 4.69) is 10.6 Å². The van der Waals surface area contributed by atoms with Crippen molar-refractivity contribution < 1.29 is 13.2 Å². The average molecular weight is 275 g/mol. The highest BCUT2D eigenvalue weighted by Crippen LogP contribution is 2.21. The van der Waals surface area contributed by atoms with Gasteiger partial charge in [-0.3, -0.25) is 0 Å². The van der Waals surface area contributed by atoms with Gasteiger partial charge in [-0.25, -0.2) is 13.2 Å². The van der Waals surface area contributed by atoms with Crippen LogP contribution in [-0.4, -0.2) is 61.6 Å². The third-order valence-electron chi connectivity index (χ3n) is 3.23. The van der Waals surface area contributed by atoms with Crippen LogP contribution >= 0.6 is 0 Å². The normalized spacial score (nSPS) is 30.9. The molecular formula is C11H21N3O3S. The predicted octanol–water partition coefficient (Wildman–Crippen LogP) is -0.435. The summed E-state index contributed by atoms with van der Waals surface area (Å²) in [6.07, 6.45) is 0. The molecule has 7 heteroatoms. The van der Waals surface area contributed by atoms with Crippen molar-refractivity contribution in [3.05, 3.63) is 0 Å². The van der Waals surface area contributed by atoms with Gasteiger partial charge in [-0.05, 0) is 20.8 Å². The van der Waals surface area contributed by atoms with Crippen LogP contribution in [0.4, 0.5) is 4.79 Å². The molecule has 104 valence electrons. The molecule has 2 saturated heterocycles. The van der Waals surface area contributed by atoms with Crippen LogP contribution in [0.25, 0.3) is 0 Å². The number of piperazine rings is 1. The smallest absolute Gasteiger partial charge is 0.318 e. The van der Waals surface area contributed by atoms with Gasteiger partial charge in [0.2, 0.25) is 0 Å². The number of nitrogens with zero attached hydrogens (tertiary/aromatic N) is 1. The van der Waals surface area contributed by atoms with E-state index in [1.54, 1.807) is 4.90 Å². The summed E-state index contributed by atoms with van der Waals surface area (Å²) in [5, 5.41) is 6.08. The second-order valence-corrected chi connectivity index (χ2v) is 8.23. The quantitative estimate of drug-likeness (QED) is 0.628. The first-order chi connectivity index (χ1) is 8.18. The van der Waals surface area contributed by atoms with Crippen LogP contribution in [0.1, 0.15) is 20.8 Å². The molecule has 2 heterocycles. The Morgan fingerprint density at radius 3 is 2.61 bits per heavy atom. The molecule has 2 N–H and O–H groups in total. The maximum Gasteiger partial charge on any atom is 0.318 e. The minimum absolute atomic E-state index is 0.0717. The lowest BCUT2D eigenvalue weighted by molar-refractivity contribution is 0.145. The Morgan fingerprint density at radius 2 is 2.00 bits per heavy atom. The number of nitrogens with one attached hydrogen (secondary N) is 2. The number of hydrogen-bond acceptors (Lipinski definition) is 4. The topological polar surface area (TPSA) is 78.5 Å². The highest BCUT2D eigenvalue weighted by molar-refractivity contribution is 7.91. The molecule has 0 spiro atoms. The second kappa shape index (κ2) is 4.38. The maximum atomic E-state index is 12.2. The largest absolute Gasteiger partial charge is 0.333 e. The lowest BCUT2D eigenvalue weighted by atomic mass is 10.1. The van der Waals surface area contributed by atoms with Crippen LogP contribution in [0.3, 0.4) is 0 Å². The van der Waals surface area contributed by atoms with Gasteiger partial charge in [-0.1, -0.05) is 0 Å². The monoisotopic (exact) mass is 275 g/mol. The highest BCUT2D eigenvalue weighted by Gasteiger charge is 2.44. The number of fused-ring (bicyclic) bond motifs is 1. The first-order valence-corrected chi connectivity index (χ1v) is 8.03. The zero-order valence-corrected chi connectivity index (χ0v) is 11.9. The zero-order chi connectivity index (χ0) is 13.6. The van der Waals surface area contributed by atoms with Gasteiger partial charge >= 0.3 is 6.03 Å². The van der Waals surface area contributed by atoms with E-state index in [1.807, 2.05) is 20.8 Å². The zero-order valence-electron chi connectivity index (χ0n) is 11.1. The summed E-state index contributed by atoms with van der Waals surface area (Å²) in [5.74, 6) is 0.208. The molecule has 2 aliphatic heterocycles. The third-order valence-corrected chi connectivity index (χ3v) is 4.94.